The van der Waals surface area contributed by atoms with Crippen LogP contribution in [0.5, 0.6) is 0 Å². The van der Waals surface area contributed by atoms with Crippen molar-refractivity contribution < 1.29 is 29.7 Å². The summed E-state index contributed by atoms with van der Waals surface area (Å²) in [6.45, 7) is 6.81. The molecule has 0 amide bonds. The number of carboxylic acids is 3. The van der Waals surface area contributed by atoms with E-state index in [2.05, 4.69) is 20.8 Å². The summed E-state index contributed by atoms with van der Waals surface area (Å²) >= 11 is 0. The largest absolute Gasteiger partial charge is 0.481 e. The molecule has 0 radical (unpaired) electrons. The molecular formula is C56H112O6. The lowest BCUT2D eigenvalue weighted by atomic mass is 10.0. The molecule has 0 saturated carbocycles. The molecule has 6 heteroatoms. The van der Waals surface area contributed by atoms with Gasteiger partial charge in [0.25, 0.3) is 0 Å². The van der Waals surface area contributed by atoms with Crippen LogP contribution in [0.1, 0.15) is 342 Å². The topological polar surface area (TPSA) is 112 Å². The van der Waals surface area contributed by atoms with Crippen molar-refractivity contribution >= 4 is 17.9 Å². The van der Waals surface area contributed by atoms with E-state index in [4.69, 9.17) is 15.3 Å². The summed E-state index contributed by atoms with van der Waals surface area (Å²) in [5.41, 5.74) is 0. The first-order valence-electron chi connectivity index (χ1n) is 28.0. The zero-order valence-corrected chi connectivity index (χ0v) is 42.4. The van der Waals surface area contributed by atoms with Gasteiger partial charge in [-0.3, -0.25) is 14.4 Å². The average molecular weight is 882 g/mol. The average Bonchev–Trinajstić information content (AvgIpc) is 3.25. The molecule has 0 fully saturated rings. The maximum Gasteiger partial charge on any atom is 0.303 e. The molecule has 0 unspecified atom stereocenters. The van der Waals surface area contributed by atoms with E-state index >= 15 is 0 Å². The third-order valence-corrected chi connectivity index (χ3v) is 12.5. The predicted octanol–water partition coefficient (Wildman–Crippen LogP) is 19.8. The molecule has 0 aromatic carbocycles. The number of rotatable bonds is 50. The molecule has 3 N–H and O–H groups in total. The molecule has 0 bridgehead atoms. The predicted molar refractivity (Wildman–Crippen MR) is 271 cm³/mol. The van der Waals surface area contributed by atoms with Gasteiger partial charge >= 0.3 is 17.9 Å². The van der Waals surface area contributed by atoms with Crippen LogP contribution in [0.3, 0.4) is 0 Å². The van der Waals surface area contributed by atoms with Crippen LogP contribution < -0.4 is 0 Å². The first kappa shape index (κ1) is 64.7. The van der Waals surface area contributed by atoms with Gasteiger partial charge in [0.1, 0.15) is 0 Å². The SMILES string of the molecule is CCCCCCCCCCCCCCCC(=O)O.CCCCCCCCCCCCCCCCCC(=O)O.CCCCCCCCCCCCCCCCCCCCCC(=O)O. The van der Waals surface area contributed by atoms with Crippen LogP contribution in [0.25, 0.3) is 0 Å². The van der Waals surface area contributed by atoms with Crippen molar-refractivity contribution in [3.05, 3.63) is 0 Å². The Morgan fingerprint density at radius 3 is 0.387 bits per heavy atom. The molecule has 0 rings (SSSR count). The zero-order chi connectivity index (χ0) is 46.1. The summed E-state index contributed by atoms with van der Waals surface area (Å²) in [5.74, 6) is -1.96. The molecule has 0 saturated heterocycles. The number of carboxylic acid groups (broad SMARTS) is 3. The summed E-state index contributed by atoms with van der Waals surface area (Å²) in [5, 5.41) is 25.6. The van der Waals surface area contributed by atoms with Crippen molar-refractivity contribution in [2.75, 3.05) is 0 Å². The molecule has 6 nitrogen and oxygen atoms in total. The summed E-state index contributed by atoms with van der Waals surface area (Å²) in [6.07, 6.45) is 63.6. The first-order chi connectivity index (χ1) is 30.3. The van der Waals surface area contributed by atoms with E-state index < -0.39 is 17.9 Å². The second-order valence-corrected chi connectivity index (χ2v) is 19.0. The van der Waals surface area contributed by atoms with E-state index in [0.717, 1.165) is 38.5 Å². The Morgan fingerprint density at radius 1 is 0.194 bits per heavy atom. The van der Waals surface area contributed by atoms with Crippen LogP contribution in [0.15, 0.2) is 0 Å². The second kappa shape index (κ2) is 61.5. The van der Waals surface area contributed by atoms with E-state index in [1.165, 1.54) is 263 Å². The third kappa shape index (κ3) is 72.8. The normalized spacial score (nSPS) is 10.9. The number of carbonyl (C=O) groups is 3. The van der Waals surface area contributed by atoms with Crippen LogP contribution in [-0.4, -0.2) is 33.2 Å². The van der Waals surface area contributed by atoms with Gasteiger partial charge in [-0.2, -0.15) is 0 Å². The van der Waals surface area contributed by atoms with Crippen LogP contribution in [0, 0.1) is 0 Å². The zero-order valence-electron chi connectivity index (χ0n) is 42.4. The van der Waals surface area contributed by atoms with E-state index in [9.17, 15) is 14.4 Å². The van der Waals surface area contributed by atoms with E-state index in [1.54, 1.807) is 0 Å². The fourth-order valence-corrected chi connectivity index (χ4v) is 8.30. The first-order valence-corrected chi connectivity index (χ1v) is 28.0. The number of hydrogen-bond donors (Lipinski definition) is 3. The highest BCUT2D eigenvalue weighted by Crippen LogP contribution is 2.17. The summed E-state index contributed by atoms with van der Waals surface area (Å²) < 4.78 is 0. The van der Waals surface area contributed by atoms with Gasteiger partial charge in [0.2, 0.25) is 0 Å². The summed E-state index contributed by atoms with van der Waals surface area (Å²) in [4.78, 5) is 31.0. The summed E-state index contributed by atoms with van der Waals surface area (Å²) in [7, 11) is 0. The minimum absolute atomic E-state index is 0.345. The van der Waals surface area contributed by atoms with Crippen LogP contribution in [-0.2, 0) is 14.4 Å². The van der Waals surface area contributed by atoms with Crippen molar-refractivity contribution in [3.8, 4) is 0 Å². The fraction of sp³-hybridized carbons (Fsp3) is 0.946. The van der Waals surface area contributed by atoms with Gasteiger partial charge < -0.3 is 15.3 Å². The summed E-state index contributed by atoms with van der Waals surface area (Å²) in [6, 6.07) is 0. The van der Waals surface area contributed by atoms with Gasteiger partial charge in [0.05, 0.1) is 0 Å². The minimum atomic E-state index is -0.655. The van der Waals surface area contributed by atoms with Crippen molar-refractivity contribution in [2.24, 2.45) is 0 Å². The Bertz CT molecular complexity index is 844. The molecule has 0 aliphatic rings. The smallest absolute Gasteiger partial charge is 0.303 e. The molecule has 0 aromatic rings. The maximum atomic E-state index is 10.4. The van der Waals surface area contributed by atoms with Crippen LogP contribution >= 0.6 is 0 Å². The van der Waals surface area contributed by atoms with Crippen molar-refractivity contribution in [1.82, 2.24) is 0 Å². The van der Waals surface area contributed by atoms with Gasteiger partial charge in [-0.15, -0.1) is 0 Å². The van der Waals surface area contributed by atoms with Crippen molar-refractivity contribution in [1.29, 1.82) is 0 Å². The Balaban J connectivity index is -0.000000852. The lowest BCUT2D eigenvalue weighted by Crippen LogP contribution is -1.93. The molecule has 0 spiro atoms. The van der Waals surface area contributed by atoms with Gasteiger partial charge in [-0.1, -0.05) is 303 Å². The van der Waals surface area contributed by atoms with Crippen LogP contribution in [0.2, 0.25) is 0 Å². The third-order valence-electron chi connectivity index (χ3n) is 12.5. The van der Waals surface area contributed by atoms with Gasteiger partial charge in [0.15, 0.2) is 0 Å². The maximum absolute atomic E-state index is 10.4. The molecule has 0 aliphatic carbocycles. The molecular weight excluding hydrogens is 769 g/mol. The van der Waals surface area contributed by atoms with Gasteiger partial charge in [-0.05, 0) is 19.3 Å². The minimum Gasteiger partial charge on any atom is -0.481 e. The van der Waals surface area contributed by atoms with Crippen molar-refractivity contribution in [2.45, 2.75) is 342 Å². The fourth-order valence-electron chi connectivity index (χ4n) is 8.30. The number of hydrogen-bond acceptors (Lipinski definition) is 3. The Hall–Kier alpha value is -1.59. The standard InChI is InChI=1S/C22H44O2.C18H36O2.C16H32O2/c1-2-3-4-5-6-7-8-9-10-11-12-13-14-15-16-17-18-19-20-21-22(23)24;1-2-3-4-5-6-7-8-9-10-11-12-13-14-15-16-17-18(19)20;1-2-3-4-5-6-7-8-9-10-11-12-13-14-15-16(17)18/h2-21H2,1H3,(H,23,24);2-17H2,1H3,(H,19,20);2-15H2,1H3,(H,17,18). The monoisotopic (exact) mass is 881 g/mol. The highest BCUT2D eigenvalue weighted by molar-refractivity contribution is 5.67. The Labute approximate surface area is 388 Å². The molecule has 0 aromatic heterocycles. The van der Waals surface area contributed by atoms with Crippen LogP contribution in [0.4, 0.5) is 0 Å². The van der Waals surface area contributed by atoms with E-state index in [1.807, 2.05) is 0 Å². The second-order valence-electron chi connectivity index (χ2n) is 19.0. The molecule has 0 aliphatic heterocycles. The number of unbranched alkanes of at least 4 members (excludes halogenated alkanes) is 44. The lowest BCUT2D eigenvalue weighted by molar-refractivity contribution is -0.138. The Kier molecular flexibility index (Phi) is 64.2. The lowest BCUT2D eigenvalue weighted by Gasteiger charge is -2.03. The molecule has 0 heterocycles. The van der Waals surface area contributed by atoms with E-state index in [0.29, 0.717) is 19.3 Å². The van der Waals surface area contributed by atoms with Gasteiger partial charge in [-0.25, -0.2) is 0 Å². The molecule has 0 atom stereocenters. The van der Waals surface area contributed by atoms with Crippen molar-refractivity contribution in [3.63, 3.8) is 0 Å². The molecule has 62 heavy (non-hydrogen) atoms. The quantitative estimate of drug-likeness (QED) is 0.0525. The highest BCUT2D eigenvalue weighted by atomic mass is 16.4. The molecule has 372 valence electrons. The highest BCUT2D eigenvalue weighted by Gasteiger charge is 2.00. The van der Waals surface area contributed by atoms with E-state index in [-0.39, 0.29) is 0 Å². The Morgan fingerprint density at radius 2 is 0.290 bits per heavy atom. The van der Waals surface area contributed by atoms with Gasteiger partial charge in [0, 0.05) is 19.3 Å². The number of aliphatic carboxylic acids is 3.